The van der Waals surface area contributed by atoms with Crippen molar-refractivity contribution >= 4 is 5.71 Å². The van der Waals surface area contributed by atoms with E-state index in [1.54, 1.807) is 20.1 Å². The summed E-state index contributed by atoms with van der Waals surface area (Å²) in [6.45, 7) is 3.63. The third kappa shape index (κ3) is 3.84. The predicted molar refractivity (Wildman–Crippen MR) is 129 cm³/mol. The van der Waals surface area contributed by atoms with Crippen LogP contribution in [0.25, 0.3) is 11.1 Å². The summed E-state index contributed by atoms with van der Waals surface area (Å²) in [6, 6.07) is 3.64. The number of nitrogens with zero attached hydrogens (tertiary/aromatic N) is 1. The summed E-state index contributed by atoms with van der Waals surface area (Å²) < 4.78 is 34.5. The van der Waals surface area contributed by atoms with Crippen molar-refractivity contribution in [1.29, 1.82) is 0 Å². The van der Waals surface area contributed by atoms with Crippen LogP contribution in [0.4, 0.5) is 0 Å². The first-order chi connectivity index (χ1) is 16.8. The van der Waals surface area contributed by atoms with Gasteiger partial charge in [-0.2, -0.15) is 0 Å². The molecule has 0 fully saturated rings. The van der Waals surface area contributed by atoms with Crippen LogP contribution in [0.3, 0.4) is 0 Å². The van der Waals surface area contributed by atoms with E-state index >= 15 is 0 Å². The van der Waals surface area contributed by atoms with Gasteiger partial charge in [0, 0.05) is 16.7 Å². The van der Waals surface area contributed by atoms with Gasteiger partial charge < -0.3 is 38.4 Å². The first kappa shape index (κ1) is 24.4. The Labute approximate surface area is 204 Å². The maximum Gasteiger partial charge on any atom is 0.231 e. The summed E-state index contributed by atoms with van der Waals surface area (Å²) in [4.78, 5) is 5.38. The van der Waals surface area contributed by atoms with Crippen LogP contribution in [0.2, 0.25) is 0 Å². The second-order valence-corrected chi connectivity index (χ2v) is 8.42. The SMILES string of the molecule is C#CCO/N=C1\c2cc(OC)c(OC)c(OC)c2-c2c(cc3c(c2OC)OCO3)C[C@H](C)[C@@]1(C)O. The van der Waals surface area contributed by atoms with Crippen LogP contribution in [-0.4, -0.2) is 58.3 Å². The number of rotatable bonds is 6. The molecule has 1 heterocycles. The Morgan fingerprint density at radius 2 is 1.77 bits per heavy atom. The lowest BCUT2D eigenvalue weighted by atomic mass is 9.73. The maximum atomic E-state index is 11.8. The van der Waals surface area contributed by atoms with Crippen LogP contribution in [0.15, 0.2) is 17.3 Å². The number of aliphatic hydroxyl groups is 1. The standard InChI is InChI=1S/C26H29NO8/c1-8-9-35-27-25-16-12-17(29-4)21(30-5)24(32-7)20(16)19-15(10-14(2)26(25,3)28)11-18-22(23(19)31-6)34-13-33-18/h1,11-12,14,28H,9-10,13H2,2-7H3/b27-25+/t14-,26+/m0/s1. The minimum atomic E-state index is -1.42. The molecule has 2 atom stereocenters. The Morgan fingerprint density at radius 1 is 1.06 bits per heavy atom. The summed E-state index contributed by atoms with van der Waals surface area (Å²) in [6.07, 6.45) is 5.83. The van der Waals surface area contributed by atoms with E-state index in [0.717, 1.165) is 5.56 Å². The largest absolute Gasteiger partial charge is 0.493 e. The third-order valence-electron chi connectivity index (χ3n) is 6.51. The van der Waals surface area contributed by atoms with Crippen molar-refractivity contribution in [3.63, 3.8) is 0 Å². The van der Waals surface area contributed by atoms with Crippen molar-refractivity contribution in [3.05, 3.63) is 23.3 Å². The molecule has 9 heteroatoms. The first-order valence-electron chi connectivity index (χ1n) is 11.0. The van der Waals surface area contributed by atoms with Crippen LogP contribution in [-0.2, 0) is 11.3 Å². The molecular formula is C26H29NO8. The number of hydrogen-bond acceptors (Lipinski definition) is 9. The summed E-state index contributed by atoms with van der Waals surface area (Å²) in [5.41, 5.74) is 1.50. The van der Waals surface area contributed by atoms with Crippen molar-refractivity contribution in [2.24, 2.45) is 11.1 Å². The van der Waals surface area contributed by atoms with E-state index in [2.05, 4.69) is 11.1 Å². The number of oxime groups is 1. The summed E-state index contributed by atoms with van der Waals surface area (Å²) >= 11 is 0. The van der Waals surface area contributed by atoms with E-state index < -0.39 is 5.60 Å². The van der Waals surface area contributed by atoms with Gasteiger partial charge in [-0.05, 0) is 37.0 Å². The molecule has 0 saturated heterocycles. The van der Waals surface area contributed by atoms with Gasteiger partial charge in [-0.15, -0.1) is 6.42 Å². The van der Waals surface area contributed by atoms with Crippen LogP contribution in [0.5, 0.6) is 34.5 Å². The van der Waals surface area contributed by atoms with Gasteiger partial charge in [-0.1, -0.05) is 18.0 Å². The Morgan fingerprint density at radius 3 is 2.40 bits per heavy atom. The zero-order valence-electron chi connectivity index (χ0n) is 20.7. The molecule has 0 bridgehead atoms. The monoisotopic (exact) mass is 483 g/mol. The van der Waals surface area contributed by atoms with Gasteiger partial charge in [0.1, 0.15) is 11.3 Å². The molecule has 35 heavy (non-hydrogen) atoms. The molecule has 0 spiro atoms. The lowest BCUT2D eigenvalue weighted by Gasteiger charge is -2.36. The van der Waals surface area contributed by atoms with Crippen LogP contribution >= 0.6 is 0 Å². The van der Waals surface area contributed by atoms with Gasteiger partial charge in [0.05, 0.1) is 28.4 Å². The van der Waals surface area contributed by atoms with Gasteiger partial charge in [0.25, 0.3) is 0 Å². The quantitative estimate of drug-likeness (QED) is 0.379. The number of ether oxygens (including phenoxy) is 6. The van der Waals surface area contributed by atoms with Crippen molar-refractivity contribution in [3.8, 4) is 58.0 Å². The topological polar surface area (TPSA) is 97.2 Å². The highest BCUT2D eigenvalue weighted by Gasteiger charge is 2.43. The van der Waals surface area contributed by atoms with Crippen LogP contribution in [0.1, 0.15) is 25.0 Å². The molecule has 2 aromatic carbocycles. The smallest absolute Gasteiger partial charge is 0.231 e. The molecule has 0 unspecified atom stereocenters. The van der Waals surface area contributed by atoms with Crippen molar-refractivity contribution in [2.75, 3.05) is 41.8 Å². The second kappa shape index (κ2) is 9.47. The lowest BCUT2D eigenvalue weighted by molar-refractivity contribution is 0.0674. The maximum absolute atomic E-state index is 11.8. The van der Waals surface area contributed by atoms with Crippen molar-refractivity contribution in [2.45, 2.75) is 25.9 Å². The summed E-state index contributed by atoms with van der Waals surface area (Å²) in [5, 5.41) is 16.1. The van der Waals surface area contributed by atoms with Gasteiger partial charge in [0.15, 0.2) is 29.6 Å². The fraction of sp³-hybridized carbons (Fsp3) is 0.423. The molecule has 186 valence electrons. The number of hydrogen-bond donors (Lipinski definition) is 1. The molecular weight excluding hydrogens is 454 g/mol. The van der Waals surface area contributed by atoms with E-state index in [1.807, 2.05) is 13.0 Å². The second-order valence-electron chi connectivity index (χ2n) is 8.42. The van der Waals surface area contributed by atoms with E-state index in [1.165, 1.54) is 21.3 Å². The van der Waals surface area contributed by atoms with Gasteiger partial charge in [-0.3, -0.25) is 0 Å². The van der Waals surface area contributed by atoms with E-state index in [4.69, 9.17) is 39.7 Å². The average molecular weight is 484 g/mol. The minimum absolute atomic E-state index is 0.0632. The first-order valence-corrected chi connectivity index (χ1v) is 11.0. The Bertz CT molecular complexity index is 1210. The number of fused-ring (bicyclic) bond motifs is 4. The molecule has 9 nitrogen and oxygen atoms in total. The number of benzene rings is 2. The highest BCUT2D eigenvalue weighted by atomic mass is 16.7. The molecule has 2 aliphatic rings. The fourth-order valence-corrected chi connectivity index (χ4v) is 4.59. The Hall–Kier alpha value is -3.77. The minimum Gasteiger partial charge on any atom is -0.493 e. The van der Waals surface area contributed by atoms with Crippen LogP contribution in [0, 0.1) is 18.3 Å². The lowest BCUT2D eigenvalue weighted by Crippen LogP contribution is -2.44. The molecule has 1 aliphatic carbocycles. The van der Waals surface area contributed by atoms with Gasteiger partial charge in [-0.25, -0.2) is 0 Å². The van der Waals surface area contributed by atoms with Crippen molar-refractivity contribution in [1.82, 2.24) is 0 Å². The highest BCUT2D eigenvalue weighted by Crippen LogP contribution is 2.57. The Kier molecular flexibility index (Phi) is 6.59. The average Bonchev–Trinajstić information content (AvgIpc) is 3.32. The van der Waals surface area contributed by atoms with Crippen LogP contribution < -0.4 is 28.4 Å². The fourth-order valence-electron chi connectivity index (χ4n) is 4.59. The third-order valence-corrected chi connectivity index (χ3v) is 6.51. The molecule has 4 rings (SSSR count). The van der Waals surface area contributed by atoms with E-state index in [0.29, 0.717) is 57.6 Å². The predicted octanol–water partition coefficient (Wildman–Crippen LogP) is 3.41. The molecule has 0 radical (unpaired) electrons. The number of methoxy groups -OCH3 is 4. The normalized spacial score (nSPS) is 21.2. The molecule has 0 amide bonds. The van der Waals surface area contributed by atoms with Gasteiger partial charge in [0.2, 0.25) is 18.3 Å². The molecule has 2 aromatic rings. The molecule has 1 aliphatic heterocycles. The molecule has 1 N–H and O–H groups in total. The zero-order chi connectivity index (χ0) is 25.3. The number of terminal acetylenes is 1. The Balaban J connectivity index is 2.20. The van der Waals surface area contributed by atoms with E-state index in [-0.39, 0.29) is 25.0 Å². The summed E-state index contributed by atoms with van der Waals surface area (Å²) in [5.74, 6) is 4.75. The van der Waals surface area contributed by atoms with E-state index in [9.17, 15) is 5.11 Å². The molecule has 0 saturated carbocycles. The summed E-state index contributed by atoms with van der Waals surface area (Å²) in [7, 11) is 6.14. The van der Waals surface area contributed by atoms with Crippen molar-refractivity contribution < 1.29 is 38.4 Å². The molecule has 0 aromatic heterocycles. The highest BCUT2D eigenvalue weighted by molar-refractivity contribution is 6.13. The van der Waals surface area contributed by atoms with Gasteiger partial charge >= 0.3 is 0 Å². The zero-order valence-corrected chi connectivity index (χ0v) is 20.7.